The van der Waals surface area contributed by atoms with Crippen molar-refractivity contribution in [2.24, 2.45) is 11.8 Å². The lowest BCUT2D eigenvalue weighted by Crippen LogP contribution is -2.50. The molecule has 20 heavy (non-hydrogen) atoms. The number of hydrogen-bond acceptors (Lipinski definition) is 3. The van der Waals surface area contributed by atoms with Crippen LogP contribution in [0.25, 0.3) is 0 Å². The summed E-state index contributed by atoms with van der Waals surface area (Å²) in [6.07, 6.45) is 3.52. The molecule has 2 fully saturated rings. The van der Waals surface area contributed by atoms with E-state index in [0.717, 1.165) is 25.7 Å². The van der Waals surface area contributed by atoms with Gasteiger partial charge in [-0.3, -0.25) is 4.79 Å². The molecular weight excluding hydrogens is 260 g/mol. The van der Waals surface area contributed by atoms with Crippen LogP contribution in [-0.2, 0) is 4.79 Å². The average molecular weight is 284 g/mol. The Morgan fingerprint density at radius 1 is 1.20 bits per heavy atom. The Morgan fingerprint density at radius 3 is 2.40 bits per heavy atom. The van der Waals surface area contributed by atoms with E-state index in [9.17, 15) is 14.7 Å². The van der Waals surface area contributed by atoms with Crippen LogP contribution in [0.15, 0.2) is 0 Å². The van der Waals surface area contributed by atoms with Gasteiger partial charge in [0.05, 0.1) is 12.0 Å². The summed E-state index contributed by atoms with van der Waals surface area (Å²) in [6, 6.07) is -0.401. The molecule has 1 aliphatic heterocycles. The molecule has 0 aromatic heterocycles. The normalized spacial score (nSPS) is 29.2. The average Bonchev–Trinajstić information content (AvgIpc) is 2.87. The van der Waals surface area contributed by atoms with Crippen LogP contribution in [-0.4, -0.2) is 52.3 Å². The van der Waals surface area contributed by atoms with Gasteiger partial charge in [-0.15, -0.1) is 0 Å². The van der Waals surface area contributed by atoms with Gasteiger partial charge in [0.1, 0.15) is 0 Å². The smallest absolute Gasteiger partial charge is 0.317 e. The Labute approximate surface area is 119 Å². The molecule has 2 amide bonds. The molecule has 1 saturated carbocycles. The summed E-state index contributed by atoms with van der Waals surface area (Å²) in [7, 11) is 0. The molecule has 6 nitrogen and oxygen atoms in total. The van der Waals surface area contributed by atoms with Gasteiger partial charge in [-0.25, -0.2) is 4.79 Å². The maximum atomic E-state index is 12.2. The molecule has 2 aliphatic rings. The second-order valence-electron chi connectivity index (χ2n) is 6.00. The summed E-state index contributed by atoms with van der Waals surface area (Å²) in [5.74, 6) is -1.01. The number of carboxylic acid groups (broad SMARTS) is 1. The van der Waals surface area contributed by atoms with Crippen molar-refractivity contribution in [1.29, 1.82) is 0 Å². The van der Waals surface area contributed by atoms with Crippen molar-refractivity contribution in [3.8, 4) is 0 Å². The van der Waals surface area contributed by atoms with Crippen molar-refractivity contribution in [2.75, 3.05) is 13.1 Å². The van der Waals surface area contributed by atoms with Gasteiger partial charge >= 0.3 is 12.0 Å². The number of aliphatic carboxylic acids is 1. The molecule has 3 N–H and O–H groups in total. The summed E-state index contributed by atoms with van der Waals surface area (Å²) in [5.41, 5.74) is 0. The summed E-state index contributed by atoms with van der Waals surface area (Å²) in [4.78, 5) is 25.0. The molecule has 1 heterocycles. The van der Waals surface area contributed by atoms with Crippen LogP contribution in [0.1, 0.15) is 39.0 Å². The maximum Gasteiger partial charge on any atom is 0.317 e. The zero-order chi connectivity index (χ0) is 14.7. The van der Waals surface area contributed by atoms with E-state index in [2.05, 4.69) is 5.32 Å². The molecule has 0 bridgehead atoms. The first-order valence-corrected chi connectivity index (χ1v) is 7.45. The van der Waals surface area contributed by atoms with Crippen molar-refractivity contribution < 1.29 is 19.8 Å². The van der Waals surface area contributed by atoms with Crippen LogP contribution in [0.5, 0.6) is 0 Å². The largest absolute Gasteiger partial charge is 0.481 e. The highest BCUT2D eigenvalue weighted by atomic mass is 16.4. The fourth-order valence-corrected chi connectivity index (χ4v) is 3.26. The van der Waals surface area contributed by atoms with Gasteiger partial charge in [0, 0.05) is 19.1 Å². The van der Waals surface area contributed by atoms with Crippen LogP contribution >= 0.6 is 0 Å². The zero-order valence-corrected chi connectivity index (χ0v) is 11.9. The minimum Gasteiger partial charge on any atom is -0.481 e. The van der Waals surface area contributed by atoms with E-state index in [1.807, 2.05) is 0 Å². The molecule has 1 saturated heterocycles. The van der Waals surface area contributed by atoms with Crippen LogP contribution in [0.3, 0.4) is 0 Å². The van der Waals surface area contributed by atoms with Crippen LogP contribution in [0, 0.1) is 11.8 Å². The number of amides is 2. The molecule has 3 atom stereocenters. The quantitative estimate of drug-likeness (QED) is 0.722. The Bertz CT molecular complexity index is 364. The lowest BCUT2D eigenvalue weighted by molar-refractivity contribution is -0.142. The predicted molar refractivity (Wildman–Crippen MR) is 73.3 cm³/mol. The van der Waals surface area contributed by atoms with Crippen molar-refractivity contribution in [2.45, 2.75) is 51.2 Å². The Balaban J connectivity index is 1.82. The standard InChI is InChI=1S/C14H24N2O4/c1-9(17)10-5-7-16(8-6-10)14(20)15-12-4-2-3-11(12)13(18)19/h9-12,17H,2-8H2,1H3,(H,15,20)(H,18,19). The van der Waals surface area contributed by atoms with E-state index in [1.54, 1.807) is 11.8 Å². The van der Waals surface area contributed by atoms with Gasteiger partial charge in [-0.2, -0.15) is 0 Å². The lowest BCUT2D eigenvalue weighted by Gasteiger charge is -2.34. The number of nitrogens with zero attached hydrogens (tertiary/aromatic N) is 1. The number of likely N-dealkylation sites (tertiary alicyclic amines) is 1. The predicted octanol–water partition coefficient (Wildman–Crippen LogP) is 1.04. The van der Waals surface area contributed by atoms with Crippen molar-refractivity contribution in [3.05, 3.63) is 0 Å². The minimum absolute atomic E-state index is 0.160. The zero-order valence-electron chi connectivity index (χ0n) is 11.9. The topological polar surface area (TPSA) is 89.9 Å². The fraction of sp³-hybridized carbons (Fsp3) is 0.857. The number of carbonyl (C=O) groups is 2. The third-order valence-electron chi connectivity index (χ3n) is 4.65. The van der Waals surface area contributed by atoms with E-state index in [0.29, 0.717) is 19.5 Å². The number of urea groups is 1. The van der Waals surface area contributed by atoms with Crippen LogP contribution < -0.4 is 5.32 Å². The minimum atomic E-state index is -0.819. The highest BCUT2D eigenvalue weighted by molar-refractivity contribution is 5.77. The Kier molecular flexibility index (Phi) is 4.86. The Morgan fingerprint density at radius 2 is 1.85 bits per heavy atom. The number of piperidine rings is 1. The molecular formula is C14H24N2O4. The first-order chi connectivity index (χ1) is 9.49. The summed E-state index contributed by atoms with van der Waals surface area (Å²) >= 11 is 0. The third kappa shape index (κ3) is 3.42. The van der Waals surface area contributed by atoms with Crippen LogP contribution in [0.4, 0.5) is 4.79 Å². The van der Waals surface area contributed by atoms with Gasteiger partial charge < -0.3 is 20.4 Å². The summed E-state index contributed by atoms with van der Waals surface area (Å²) < 4.78 is 0. The van der Waals surface area contributed by atoms with Gasteiger partial charge in [0.25, 0.3) is 0 Å². The lowest BCUT2D eigenvalue weighted by atomic mass is 9.92. The SMILES string of the molecule is CC(O)C1CCN(C(=O)NC2CCCC2C(=O)O)CC1. The van der Waals surface area contributed by atoms with Crippen molar-refractivity contribution >= 4 is 12.0 Å². The summed E-state index contributed by atoms with van der Waals surface area (Å²) in [5, 5.41) is 21.5. The van der Waals surface area contributed by atoms with Gasteiger partial charge in [0.2, 0.25) is 0 Å². The first kappa shape index (κ1) is 15.1. The fourth-order valence-electron chi connectivity index (χ4n) is 3.26. The van der Waals surface area contributed by atoms with E-state index in [-0.39, 0.29) is 24.1 Å². The number of carbonyl (C=O) groups excluding carboxylic acids is 1. The van der Waals surface area contributed by atoms with E-state index < -0.39 is 11.9 Å². The van der Waals surface area contributed by atoms with Crippen molar-refractivity contribution in [1.82, 2.24) is 10.2 Å². The molecule has 0 radical (unpaired) electrons. The monoisotopic (exact) mass is 284 g/mol. The van der Waals surface area contributed by atoms with Gasteiger partial charge in [0.15, 0.2) is 0 Å². The summed E-state index contributed by atoms with van der Waals surface area (Å²) in [6.45, 7) is 3.05. The highest BCUT2D eigenvalue weighted by Gasteiger charge is 2.35. The molecule has 3 unspecified atom stereocenters. The number of rotatable bonds is 3. The number of aliphatic hydroxyl groups is 1. The number of carboxylic acids is 1. The van der Waals surface area contributed by atoms with Crippen LogP contribution in [0.2, 0.25) is 0 Å². The number of hydrogen-bond donors (Lipinski definition) is 3. The number of aliphatic hydroxyl groups excluding tert-OH is 1. The highest BCUT2D eigenvalue weighted by Crippen LogP contribution is 2.26. The molecule has 2 rings (SSSR count). The molecule has 1 aliphatic carbocycles. The molecule has 6 heteroatoms. The van der Waals surface area contributed by atoms with E-state index in [4.69, 9.17) is 5.11 Å². The van der Waals surface area contributed by atoms with Gasteiger partial charge in [-0.1, -0.05) is 6.42 Å². The van der Waals surface area contributed by atoms with E-state index >= 15 is 0 Å². The molecule has 114 valence electrons. The maximum absolute atomic E-state index is 12.2. The first-order valence-electron chi connectivity index (χ1n) is 7.45. The molecule has 0 aromatic carbocycles. The second-order valence-corrected chi connectivity index (χ2v) is 6.00. The second kappa shape index (κ2) is 6.43. The van der Waals surface area contributed by atoms with Crippen molar-refractivity contribution in [3.63, 3.8) is 0 Å². The Hall–Kier alpha value is -1.30. The third-order valence-corrected chi connectivity index (χ3v) is 4.65. The molecule has 0 spiro atoms. The number of nitrogens with one attached hydrogen (secondary N) is 1. The van der Waals surface area contributed by atoms with E-state index in [1.165, 1.54) is 0 Å². The van der Waals surface area contributed by atoms with Gasteiger partial charge in [-0.05, 0) is 38.5 Å². The molecule has 0 aromatic rings.